The maximum absolute atomic E-state index is 7.97. The van der Waals surface area contributed by atoms with Crippen molar-refractivity contribution >= 4 is 5.71 Å². The molecule has 0 amide bonds. The van der Waals surface area contributed by atoms with Crippen LogP contribution in [0.1, 0.15) is 11.1 Å². The number of benzene rings is 2. The van der Waals surface area contributed by atoms with Crippen molar-refractivity contribution in [3.05, 3.63) is 71.8 Å². The summed E-state index contributed by atoms with van der Waals surface area (Å²) in [5.41, 5.74) is 2.49. The quantitative estimate of drug-likeness (QED) is 0.721. The zero-order valence-electron chi connectivity index (χ0n) is 8.27. The highest BCUT2D eigenvalue weighted by Crippen LogP contribution is 2.08. The minimum Gasteiger partial charge on any atom is -0.412 e. The largest absolute Gasteiger partial charge is 0.412 e. The molecule has 2 aromatic carbocycles. The first-order valence-electron chi connectivity index (χ1n) is 4.57. The minimum atomic E-state index is 0. The number of nitrogens with one attached hydrogen (secondary N) is 1. The van der Waals surface area contributed by atoms with Gasteiger partial charge in [-0.15, -0.1) is 0 Å². The third-order valence-corrected chi connectivity index (χ3v) is 2.12. The van der Waals surface area contributed by atoms with Gasteiger partial charge in [-0.3, -0.25) is 5.41 Å². The maximum atomic E-state index is 7.97. The van der Waals surface area contributed by atoms with E-state index in [0.29, 0.717) is 5.71 Å². The van der Waals surface area contributed by atoms with E-state index < -0.39 is 0 Å². The molecule has 2 aromatic rings. The number of hydrogen-bond donors (Lipinski definition) is 1. The summed E-state index contributed by atoms with van der Waals surface area (Å²) in [6, 6.07) is 19.5. The van der Waals surface area contributed by atoms with Crippen LogP contribution in [0.4, 0.5) is 0 Å². The van der Waals surface area contributed by atoms with E-state index in [1.54, 1.807) is 0 Å². The Morgan fingerprint density at radius 3 is 1.33 bits per heavy atom. The molecule has 3 N–H and O–H groups in total. The molecule has 0 atom stereocenters. The Hall–Kier alpha value is -1.93. The fraction of sp³-hybridized carbons (Fsp3) is 0. The Morgan fingerprint density at radius 2 is 1.00 bits per heavy atom. The first kappa shape index (κ1) is 11.1. The standard InChI is InChI=1S/C13H11N.H2O/c14-13(11-7-3-1-4-8-11)12-9-5-2-6-10-12;/h1-10,14H;1H2. The molecule has 0 saturated heterocycles. The van der Waals surface area contributed by atoms with Gasteiger partial charge in [0.2, 0.25) is 0 Å². The lowest BCUT2D eigenvalue weighted by atomic mass is 10.0. The number of hydrogen-bond acceptors (Lipinski definition) is 1. The van der Waals surface area contributed by atoms with Crippen LogP contribution in [0.15, 0.2) is 60.7 Å². The van der Waals surface area contributed by atoms with Crippen molar-refractivity contribution in [2.24, 2.45) is 0 Å². The molecule has 0 heterocycles. The SMILES string of the molecule is N=C(c1ccccc1)c1ccccc1.O. The topological polar surface area (TPSA) is 55.4 Å². The third-order valence-electron chi connectivity index (χ3n) is 2.12. The van der Waals surface area contributed by atoms with Crippen molar-refractivity contribution in [1.29, 1.82) is 5.41 Å². The van der Waals surface area contributed by atoms with Crippen molar-refractivity contribution in [2.45, 2.75) is 0 Å². The first-order chi connectivity index (χ1) is 6.88. The average molecular weight is 199 g/mol. The highest BCUT2D eigenvalue weighted by atomic mass is 16.0. The van der Waals surface area contributed by atoms with Crippen LogP contribution >= 0.6 is 0 Å². The zero-order chi connectivity index (χ0) is 9.80. The Morgan fingerprint density at radius 1 is 0.667 bits per heavy atom. The van der Waals surface area contributed by atoms with Gasteiger partial charge in [-0.25, -0.2) is 0 Å². The molecule has 0 aliphatic carbocycles. The van der Waals surface area contributed by atoms with E-state index in [0.717, 1.165) is 11.1 Å². The van der Waals surface area contributed by atoms with Gasteiger partial charge in [0.25, 0.3) is 0 Å². The van der Waals surface area contributed by atoms with E-state index in [1.807, 2.05) is 60.7 Å². The lowest BCUT2D eigenvalue weighted by Gasteiger charge is -2.02. The lowest BCUT2D eigenvalue weighted by Crippen LogP contribution is -1.99. The second-order valence-corrected chi connectivity index (χ2v) is 3.11. The Balaban J connectivity index is 0.00000112. The predicted molar refractivity (Wildman–Crippen MR) is 62.4 cm³/mol. The smallest absolute Gasteiger partial charge is 0.0684 e. The number of rotatable bonds is 2. The molecular formula is C13H13NO. The monoisotopic (exact) mass is 199 g/mol. The van der Waals surface area contributed by atoms with Crippen LogP contribution < -0.4 is 0 Å². The van der Waals surface area contributed by atoms with Crippen molar-refractivity contribution in [1.82, 2.24) is 0 Å². The molecule has 0 spiro atoms. The average Bonchev–Trinajstić information content (AvgIpc) is 2.30. The third kappa shape index (κ3) is 2.51. The van der Waals surface area contributed by atoms with Gasteiger partial charge in [-0.2, -0.15) is 0 Å². The van der Waals surface area contributed by atoms with Gasteiger partial charge >= 0.3 is 0 Å². The molecular weight excluding hydrogens is 186 g/mol. The molecule has 76 valence electrons. The van der Waals surface area contributed by atoms with Crippen LogP contribution in [0, 0.1) is 5.41 Å². The Kier molecular flexibility index (Phi) is 3.77. The van der Waals surface area contributed by atoms with Gasteiger partial charge in [-0.1, -0.05) is 60.7 Å². The highest BCUT2D eigenvalue weighted by Gasteiger charge is 2.01. The van der Waals surface area contributed by atoms with Crippen LogP contribution in [-0.4, -0.2) is 11.2 Å². The Labute approximate surface area is 89.0 Å². The fourth-order valence-electron chi connectivity index (χ4n) is 1.38. The second kappa shape index (κ2) is 5.08. The molecule has 0 fully saturated rings. The summed E-state index contributed by atoms with van der Waals surface area (Å²) in [4.78, 5) is 0. The van der Waals surface area contributed by atoms with Crippen LogP contribution in [0.2, 0.25) is 0 Å². The summed E-state index contributed by atoms with van der Waals surface area (Å²) in [5, 5.41) is 7.97. The highest BCUT2D eigenvalue weighted by molar-refractivity contribution is 6.10. The molecule has 2 nitrogen and oxygen atoms in total. The summed E-state index contributed by atoms with van der Waals surface area (Å²) in [7, 11) is 0. The van der Waals surface area contributed by atoms with E-state index in [2.05, 4.69) is 0 Å². The van der Waals surface area contributed by atoms with Gasteiger partial charge < -0.3 is 5.48 Å². The summed E-state index contributed by atoms with van der Waals surface area (Å²) >= 11 is 0. The first-order valence-corrected chi connectivity index (χ1v) is 4.57. The van der Waals surface area contributed by atoms with Crippen molar-refractivity contribution in [3.63, 3.8) is 0 Å². The normalized spacial score (nSPS) is 9.07. The van der Waals surface area contributed by atoms with Crippen LogP contribution in [-0.2, 0) is 0 Å². The summed E-state index contributed by atoms with van der Waals surface area (Å²) in [6.07, 6.45) is 0. The summed E-state index contributed by atoms with van der Waals surface area (Å²) in [6.45, 7) is 0. The molecule has 2 rings (SSSR count). The minimum absolute atomic E-state index is 0. The van der Waals surface area contributed by atoms with E-state index in [4.69, 9.17) is 5.41 Å². The van der Waals surface area contributed by atoms with Crippen molar-refractivity contribution < 1.29 is 5.48 Å². The molecule has 15 heavy (non-hydrogen) atoms. The van der Waals surface area contributed by atoms with Gasteiger partial charge in [0.1, 0.15) is 0 Å². The lowest BCUT2D eigenvalue weighted by molar-refractivity contribution is 0.824. The van der Waals surface area contributed by atoms with Gasteiger partial charge in [0.15, 0.2) is 0 Å². The molecule has 0 unspecified atom stereocenters. The maximum Gasteiger partial charge on any atom is 0.0684 e. The molecule has 0 bridgehead atoms. The van der Waals surface area contributed by atoms with Crippen LogP contribution in [0.3, 0.4) is 0 Å². The Bertz CT molecular complexity index is 381. The molecule has 0 saturated carbocycles. The molecule has 0 aliphatic rings. The summed E-state index contributed by atoms with van der Waals surface area (Å²) < 4.78 is 0. The fourth-order valence-corrected chi connectivity index (χ4v) is 1.38. The molecule has 2 heteroatoms. The van der Waals surface area contributed by atoms with Crippen LogP contribution in [0.5, 0.6) is 0 Å². The predicted octanol–water partition coefficient (Wildman–Crippen LogP) is 2.28. The van der Waals surface area contributed by atoms with Gasteiger partial charge in [0, 0.05) is 0 Å². The molecule has 0 aliphatic heterocycles. The van der Waals surface area contributed by atoms with Crippen molar-refractivity contribution in [2.75, 3.05) is 0 Å². The molecule has 0 radical (unpaired) electrons. The molecule has 0 aromatic heterocycles. The van der Waals surface area contributed by atoms with Crippen molar-refractivity contribution in [3.8, 4) is 0 Å². The van der Waals surface area contributed by atoms with Gasteiger partial charge in [-0.05, 0) is 11.1 Å². The van der Waals surface area contributed by atoms with E-state index in [-0.39, 0.29) is 5.48 Å². The van der Waals surface area contributed by atoms with Gasteiger partial charge in [0.05, 0.1) is 5.71 Å². The van der Waals surface area contributed by atoms with E-state index in [1.165, 1.54) is 0 Å². The summed E-state index contributed by atoms with van der Waals surface area (Å²) in [5.74, 6) is 0. The van der Waals surface area contributed by atoms with E-state index in [9.17, 15) is 0 Å². The zero-order valence-corrected chi connectivity index (χ0v) is 8.27. The second-order valence-electron chi connectivity index (χ2n) is 3.11. The van der Waals surface area contributed by atoms with Crippen LogP contribution in [0.25, 0.3) is 0 Å². The van der Waals surface area contributed by atoms with E-state index >= 15 is 0 Å².